The Hall–Kier alpha value is -1.77. The molecule has 2 N–H and O–H groups in total. The van der Waals surface area contributed by atoms with Crippen LogP contribution in [0.5, 0.6) is 0 Å². The van der Waals surface area contributed by atoms with E-state index in [1.165, 1.54) is 5.56 Å². The van der Waals surface area contributed by atoms with E-state index in [-0.39, 0.29) is 6.61 Å². The highest BCUT2D eigenvalue weighted by Gasteiger charge is 2.13. The van der Waals surface area contributed by atoms with E-state index < -0.39 is 6.09 Å². The van der Waals surface area contributed by atoms with Gasteiger partial charge in [0.2, 0.25) is 0 Å². The second-order valence-electron chi connectivity index (χ2n) is 3.20. The number of nitrogens with two attached hydrogens (primary N) is 1. The van der Waals surface area contributed by atoms with Crippen molar-refractivity contribution in [3.8, 4) is 0 Å². The van der Waals surface area contributed by atoms with Crippen LogP contribution in [0.3, 0.4) is 0 Å². The van der Waals surface area contributed by atoms with Crippen molar-refractivity contribution in [2.24, 2.45) is 5.73 Å². The average molecular weight is 189 g/mol. The van der Waals surface area contributed by atoms with E-state index in [2.05, 4.69) is 12.1 Å². The Bertz CT molecular complexity index is 396. The van der Waals surface area contributed by atoms with Gasteiger partial charge in [-0.15, -0.1) is 0 Å². The van der Waals surface area contributed by atoms with Crippen molar-refractivity contribution in [3.63, 3.8) is 0 Å². The van der Waals surface area contributed by atoms with Crippen LogP contribution in [0.2, 0.25) is 0 Å². The summed E-state index contributed by atoms with van der Waals surface area (Å²) in [6, 6.07) is 8.08. The second-order valence-corrected chi connectivity index (χ2v) is 3.20. The number of carbonyl (C=O) groups excluding carboxylic acids is 1. The zero-order valence-corrected chi connectivity index (χ0v) is 7.69. The molecule has 0 heterocycles. The quantitative estimate of drug-likeness (QED) is 0.770. The smallest absolute Gasteiger partial charge is 0.404 e. The summed E-state index contributed by atoms with van der Waals surface area (Å²) in [7, 11) is 0. The fourth-order valence-electron chi connectivity index (χ4n) is 1.64. The molecule has 0 radical (unpaired) electrons. The van der Waals surface area contributed by atoms with Crippen LogP contribution in [0.25, 0.3) is 5.57 Å². The molecule has 0 aliphatic heterocycles. The van der Waals surface area contributed by atoms with Crippen LogP contribution in [0.15, 0.2) is 30.3 Å². The van der Waals surface area contributed by atoms with Crippen LogP contribution in [-0.4, -0.2) is 12.7 Å². The van der Waals surface area contributed by atoms with E-state index in [4.69, 9.17) is 10.5 Å². The van der Waals surface area contributed by atoms with Gasteiger partial charge in [0, 0.05) is 0 Å². The SMILES string of the molecule is NC(=O)OCC1=CCc2ccccc21. The standard InChI is InChI=1S/C11H11NO2/c12-11(13)14-7-9-6-5-8-3-1-2-4-10(8)9/h1-4,6H,5,7H2,(H2,12,13). The number of ether oxygens (including phenoxy) is 1. The van der Waals surface area contributed by atoms with E-state index in [1.54, 1.807) is 0 Å². The zero-order chi connectivity index (χ0) is 9.97. The Morgan fingerprint density at radius 2 is 2.21 bits per heavy atom. The molecular formula is C11H11NO2. The van der Waals surface area contributed by atoms with E-state index >= 15 is 0 Å². The molecule has 0 aromatic heterocycles. The summed E-state index contributed by atoms with van der Waals surface area (Å²) in [4.78, 5) is 10.4. The maximum Gasteiger partial charge on any atom is 0.404 e. The summed E-state index contributed by atoms with van der Waals surface area (Å²) in [5.74, 6) is 0. The molecule has 1 aliphatic rings. The molecule has 2 rings (SSSR count). The summed E-state index contributed by atoms with van der Waals surface area (Å²) in [5, 5.41) is 0. The topological polar surface area (TPSA) is 52.3 Å². The van der Waals surface area contributed by atoms with Crippen LogP contribution < -0.4 is 5.73 Å². The van der Waals surface area contributed by atoms with E-state index in [0.29, 0.717) is 0 Å². The number of hydrogen-bond acceptors (Lipinski definition) is 2. The first kappa shape index (κ1) is 8.81. The summed E-state index contributed by atoms with van der Waals surface area (Å²) >= 11 is 0. The van der Waals surface area contributed by atoms with Crippen molar-refractivity contribution in [2.45, 2.75) is 6.42 Å². The third kappa shape index (κ3) is 1.62. The van der Waals surface area contributed by atoms with Gasteiger partial charge in [-0.05, 0) is 23.1 Å². The first-order chi connectivity index (χ1) is 6.77. The molecule has 1 aromatic carbocycles. The average Bonchev–Trinajstić information content (AvgIpc) is 2.58. The highest BCUT2D eigenvalue weighted by molar-refractivity contribution is 5.75. The van der Waals surface area contributed by atoms with E-state index in [1.807, 2.05) is 18.2 Å². The normalized spacial score (nSPS) is 13.3. The molecule has 0 spiro atoms. The molecule has 0 saturated carbocycles. The van der Waals surface area contributed by atoms with Crippen molar-refractivity contribution < 1.29 is 9.53 Å². The van der Waals surface area contributed by atoms with Gasteiger partial charge < -0.3 is 10.5 Å². The number of fused-ring (bicyclic) bond motifs is 1. The van der Waals surface area contributed by atoms with Crippen molar-refractivity contribution in [1.29, 1.82) is 0 Å². The molecule has 3 nitrogen and oxygen atoms in total. The van der Waals surface area contributed by atoms with Gasteiger partial charge in [0.1, 0.15) is 6.61 Å². The molecular weight excluding hydrogens is 178 g/mol. The Balaban J connectivity index is 2.13. The van der Waals surface area contributed by atoms with Gasteiger partial charge in [0.25, 0.3) is 0 Å². The third-order valence-electron chi connectivity index (χ3n) is 2.30. The minimum absolute atomic E-state index is 0.270. The highest BCUT2D eigenvalue weighted by atomic mass is 16.5. The second kappa shape index (κ2) is 3.54. The summed E-state index contributed by atoms with van der Waals surface area (Å²) in [5.41, 5.74) is 8.38. The van der Waals surface area contributed by atoms with Crippen molar-refractivity contribution >= 4 is 11.7 Å². The van der Waals surface area contributed by atoms with Gasteiger partial charge in [0.05, 0.1) is 0 Å². The zero-order valence-electron chi connectivity index (χ0n) is 7.69. The monoisotopic (exact) mass is 189 g/mol. The number of hydrogen-bond donors (Lipinski definition) is 1. The molecule has 1 amide bonds. The van der Waals surface area contributed by atoms with Gasteiger partial charge in [-0.2, -0.15) is 0 Å². The van der Waals surface area contributed by atoms with Gasteiger partial charge in [-0.3, -0.25) is 0 Å². The van der Waals surface area contributed by atoms with Crippen molar-refractivity contribution in [1.82, 2.24) is 0 Å². The lowest BCUT2D eigenvalue weighted by Crippen LogP contribution is -2.14. The molecule has 72 valence electrons. The lowest BCUT2D eigenvalue weighted by Gasteiger charge is -2.04. The maximum atomic E-state index is 10.4. The maximum absolute atomic E-state index is 10.4. The molecule has 0 atom stereocenters. The van der Waals surface area contributed by atoms with E-state index in [9.17, 15) is 4.79 Å². The molecule has 0 fully saturated rings. The number of rotatable bonds is 2. The number of primary amides is 1. The van der Waals surface area contributed by atoms with Crippen LogP contribution >= 0.6 is 0 Å². The summed E-state index contributed by atoms with van der Waals surface area (Å²) in [6.07, 6.45) is 2.25. The lowest BCUT2D eigenvalue weighted by molar-refractivity contribution is 0.171. The molecule has 1 aromatic rings. The Labute approximate surface area is 82.2 Å². The number of benzene rings is 1. The number of allylic oxidation sites excluding steroid dienone is 1. The molecule has 1 aliphatic carbocycles. The van der Waals surface area contributed by atoms with Gasteiger partial charge in [-0.1, -0.05) is 30.3 Å². The lowest BCUT2D eigenvalue weighted by atomic mass is 10.1. The molecule has 0 unspecified atom stereocenters. The third-order valence-corrected chi connectivity index (χ3v) is 2.30. The van der Waals surface area contributed by atoms with Crippen LogP contribution in [0.4, 0.5) is 4.79 Å². The largest absolute Gasteiger partial charge is 0.445 e. The summed E-state index contributed by atoms with van der Waals surface area (Å²) in [6.45, 7) is 0.270. The van der Waals surface area contributed by atoms with Gasteiger partial charge >= 0.3 is 6.09 Å². The van der Waals surface area contributed by atoms with Crippen LogP contribution in [-0.2, 0) is 11.2 Å². The first-order valence-corrected chi connectivity index (χ1v) is 4.47. The molecule has 0 bridgehead atoms. The predicted octanol–water partition coefficient (Wildman–Crippen LogP) is 1.72. The molecule has 14 heavy (non-hydrogen) atoms. The predicted molar refractivity (Wildman–Crippen MR) is 53.7 cm³/mol. The number of amides is 1. The Morgan fingerprint density at radius 3 is 3.00 bits per heavy atom. The number of carbonyl (C=O) groups is 1. The Morgan fingerprint density at radius 1 is 1.43 bits per heavy atom. The van der Waals surface area contributed by atoms with Crippen molar-refractivity contribution in [2.75, 3.05) is 6.61 Å². The molecule has 0 saturated heterocycles. The Kier molecular flexibility index (Phi) is 2.23. The van der Waals surface area contributed by atoms with E-state index in [0.717, 1.165) is 17.6 Å². The first-order valence-electron chi connectivity index (χ1n) is 4.47. The van der Waals surface area contributed by atoms with Gasteiger partial charge in [0.15, 0.2) is 0 Å². The summed E-state index contributed by atoms with van der Waals surface area (Å²) < 4.78 is 4.75. The molecule has 3 heteroatoms. The fraction of sp³-hybridized carbons (Fsp3) is 0.182. The van der Waals surface area contributed by atoms with Crippen LogP contribution in [0.1, 0.15) is 11.1 Å². The minimum atomic E-state index is -0.727. The van der Waals surface area contributed by atoms with Crippen LogP contribution in [0, 0.1) is 0 Å². The fourth-order valence-corrected chi connectivity index (χ4v) is 1.64. The van der Waals surface area contributed by atoms with Gasteiger partial charge in [-0.25, -0.2) is 4.79 Å². The van der Waals surface area contributed by atoms with Crippen molar-refractivity contribution in [3.05, 3.63) is 41.5 Å². The highest BCUT2D eigenvalue weighted by Crippen LogP contribution is 2.26. The minimum Gasteiger partial charge on any atom is -0.445 e.